The third-order valence-corrected chi connectivity index (χ3v) is 3.83. The summed E-state index contributed by atoms with van der Waals surface area (Å²) in [7, 11) is 1.69. The molecule has 2 N–H and O–H groups in total. The van der Waals surface area contributed by atoms with Crippen LogP contribution in [-0.2, 0) is 11.3 Å². The predicted molar refractivity (Wildman–Crippen MR) is 74.9 cm³/mol. The predicted octanol–water partition coefficient (Wildman–Crippen LogP) is 1.66. The Labute approximate surface area is 114 Å². The number of phenols is 1. The van der Waals surface area contributed by atoms with E-state index in [-0.39, 0.29) is 11.8 Å². The molecular formula is C15H22N2O2. The van der Waals surface area contributed by atoms with Crippen molar-refractivity contribution in [2.75, 3.05) is 20.1 Å². The maximum Gasteiger partial charge on any atom is 0.222 e. The highest BCUT2D eigenvalue weighted by atomic mass is 16.3. The maximum atomic E-state index is 11.6. The zero-order valence-corrected chi connectivity index (χ0v) is 11.6. The van der Waals surface area contributed by atoms with Crippen LogP contribution in [0.5, 0.6) is 5.75 Å². The number of piperidine rings is 1. The highest BCUT2D eigenvalue weighted by molar-refractivity contribution is 5.78. The first-order chi connectivity index (χ1) is 9.10. The molecule has 104 valence electrons. The van der Waals surface area contributed by atoms with Crippen molar-refractivity contribution in [2.24, 2.45) is 5.92 Å². The van der Waals surface area contributed by atoms with Crippen molar-refractivity contribution in [2.45, 2.75) is 26.3 Å². The van der Waals surface area contributed by atoms with Gasteiger partial charge in [-0.1, -0.05) is 17.7 Å². The van der Waals surface area contributed by atoms with Gasteiger partial charge >= 0.3 is 0 Å². The van der Waals surface area contributed by atoms with Crippen LogP contribution in [0.2, 0.25) is 0 Å². The van der Waals surface area contributed by atoms with E-state index in [1.807, 2.05) is 19.1 Å². The second-order valence-corrected chi connectivity index (χ2v) is 5.30. The summed E-state index contributed by atoms with van der Waals surface area (Å²) in [5.41, 5.74) is 2.13. The van der Waals surface area contributed by atoms with Gasteiger partial charge in [0.25, 0.3) is 0 Å². The van der Waals surface area contributed by atoms with Gasteiger partial charge in [-0.2, -0.15) is 0 Å². The normalized spacial score (nSPS) is 17.4. The van der Waals surface area contributed by atoms with Gasteiger partial charge in [-0.15, -0.1) is 0 Å². The Morgan fingerprint density at radius 1 is 1.42 bits per heavy atom. The topological polar surface area (TPSA) is 52.6 Å². The molecule has 19 heavy (non-hydrogen) atoms. The second kappa shape index (κ2) is 6.06. The molecule has 1 heterocycles. The fraction of sp³-hybridized carbons (Fsp3) is 0.533. The van der Waals surface area contributed by atoms with Crippen molar-refractivity contribution < 1.29 is 9.90 Å². The minimum absolute atomic E-state index is 0.146. The summed E-state index contributed by atoms with van der Waals surface area (Å²) < 4.78 is 0. The van der Waals surface area contributed by atoms with Crippen LogP contribution in [-0.4, -0.2) is 36.1 Å². The Morgan fingerprint density at radius 3 is 2.74 bits per heavy atom. The molecular weight excluding hydrogens is 240 g/mol. The molecule has 1 aromatic carbocycles. The van der Waals surface area contributed by atoms with E-state index in [1.54, 1.807) is 13.1 Å². The number of likely N-dealkylation sites (tertiary alicyclic amines) is 1. The van der Waals surface area contributed by atoms with Gasteiger partial charge in [0.05, 0.1) is 0 Å². The summed E-state index contributed by atoms with van der Waals surface area (Å²) in [4.78, 5) is 13.9. The summed E-state index contributed by atoms with van der Waals surface area (Å²) in [6.45, 7) is 4.60. The Morgan fingerprint density at radius 2 is 2.11 bits per heavy atom. The van der Waals surface area contributed by atoms with Gasteiger partial charge in [-0.3, -0.25) is 9.69 Å². The minimum Gasteiger partial charge on any atom is -0.508 e. The number of carbonyl (C=O) groups excluding carboxylic acids is 1. The van der Waals surface area contributed by atoms with Gasteiger partial charge in [-0.05, 0) is 38.9 Å². The molecule has 2 rings (SSSR count). The van der Waals surface area contributed by atoms with Crippen LogP contribution >= 0.6 is 0 Å². The molecule has 0 unspecified atom stereocenters. The highest BCUT2D eigenvalue weighted by Gasteiger charge is 2.24. The first-order valence-electron chi connectivity index (χ1n) is 6.82. The van der Waals surface area contributed by atoms with Crippen molar-refractivity contribution >= 4 is 5.91 Å². The zero-order valence-electron chi connectivity index (χ0n) is 11.6. The van der Waals surface area contributed by atoms with Crippen molar-refractivity contribution in [3.63, 3.8) is 0 Å². The highest BCUT2D eigenvalue weighted by Crippen LogP contribution is 2.23. The van der Waals surface area contributed by atoms with Crippen molar-refractivity contribution in [3.8, 4) is 5.75 Å². The van der Waals surface area contributed by atoms with Crippen LogP contribution in [0.3, 0.4) is 0 Å². The van der Waals surface area contributed by atoms with Crippen molar-refractivity contribution in [1.82, 2.24) is 10.2 Å². The molecule has 1 saturated heterocycles. The lowest BCUT2D eigenvalue weighted by Crippen LogP contribution is -2.39. The van der Waals surface area contributed by atoms with Gasteiger partial charge in [0.1, 0.15) is 5.75 Å². The molecule has 1 fully saturated rings. The van der Waals surface area contributed by atoms with Gasteiger partial charge < -0.3 is 10.4 Å². The summed E-state index contributed by atoms with van der Waals surface area (Å²) in [6, 6.07) is 5.69. The Kier molecular flexibility index (Phi) is 4.43. The molecule has 0 atom stereocenters. The molecule has 4 nitrogen and oxygen atoms in total. The summed E-state index contributed by atoms with van der Waals surface area (Å²) in [5, 5.41) is 12.6. The molecule has 1 aliphatic heterocycles. The van der Waals surface area contributed by atoms with Crippen molar-refractivity contribution in [3.05, 3.63) is 29.3 Å². The number of aromatic hydroxyl groups is 1. The van der Waals surface area contributed by atoms with E-state index >= 15 is 0 Å². The standard InChI is InChI=1S/C15H22N2O2/c1-11-3-4-14(18)13(9-11)10-17-7-5-12(6-8-17)15(19)16-2/h3-4,9,12,18H,5-8,10H2,1-2H3,(H,16,19). The van der Waals surface area contributed by atoms with Crippen LogP contribution in [0.4, 0.5) is 0 Å². The lowest BCUT2D eigenvalue weighted by Gasteiger charge is -2.31. The number of nitrogens with one attached hydrogen (secondary N) is 1. The SMILES string of the molecule is CNC(=O)C1CCN(Cc2cc(C)ccc2O)CC1. The number of hydrogen-bond acceptors (Lipinski definition) is 3. The number of aryl methyl sites for hydroxylation is 1. The van der Waals surface area contributed by atoms with Crippen LogP contribution in [0.25, 0.3) is 0 Å². The first kappa shape index (κ1) is 13.9. The monoisotopic (exact) mass is 262 g/mol. The molecule has 0 bridgehead atoms. The molecule has 0 spiro atoms. The van der Waals surface area contributed by atoms with Gasteiger partial charge in [-0.25, -0.2) is 0 Å². The van der Waals surface area contributed by atoms with Crippen LogP contribution < -0.4 is 5.32 Å². The smallest absolute Gasteiger partial charge is 0.222 e. The van der Waals surface area contributed by atoms with E-state index < -0.39 is 0 Å². The van der Waals surface area contributed by atoms with Gasteiger partial charge in [0.15, 0.2) is 0 Å². The fourth-order valence-electron chi connectivity index (χ4n) is 2.64. The largest absolute Gasteiger partial charge is 0.508 e. The number of hydrogen-bond donors (Lipinski definition) is 2. The molecule has 0 aromatic heterocycles. The number of nitrogens with zero attached hydrogens (tertiary/aromatic N) is 1. The number of benzene rings is 1. The minimum atomic E-state index is 0.146. The Balaban J connectivity index is 1.92. The van der Waals surface area contributed by atoms with E-state index in [0.717, 1.165) is 43.6 Å². The van der Waals surface area contributed by atoms with E-state index in [1.165, 1.54) is 0 Å². The van der Waals surface area contributed by atoms with Gasteiger partial charge in [0, 0.05) is 25.1 Å². The molecule has 0 aliphatic carbocycles. The summed E-state index contributed by atoms with van der Waals surface area (Å²) in [6.07, 6.45) is 1.79. The average Bonchev–Trinajstić information content (AvgIpc) is 2.43. The van der Waals surface area contributed by atoms with Crippen LogP contribution in [0.1, 0.15) is 24.0 Å². The molecule has 1 aromatic rings. The van der Waals surface area contributed by atoms with Gasteiger partial charge in [0.2, 0.25) is 5.91 Å². The van der Waals surface area contributed by atoms with Crippen LogP contribution in [0, 0.1) is 12.8 Å². The third kappa shape index (κ3) is 3.47. The lowest BCUT2D eigenvalue weighted by molar-refractivity contribution is -0.125. The lowest BCUT2D eigenvalue weighted by atomic mass is 9.95. The first-order valence-corrected chi connectivity index (χ1v) is 6.82. The number of carbonyl (C=O) groups is 1. The molecule has 1 aliphatic rings. The van der Waals surface area contributed by atoms with E-state index in [4.69, 9.17) is 0 Å². The van der Waals surface area contributed by atoms with Crippen molar-refractivity contribution in [1.29, 1.82) is 0 Å². The molecule has 0 radical (unpaired) electrons. The van der Waals surface area contributed by atoms with Crippen LogP contribution in [0.15, 0.2) is 18.2 Å². The average molecular weight is 262 g/mol. The molecule has 0 saturated carbocycles. The van der Waals surface area contributed by atoms with E-state index in [2.05, 4.69) is 10.2 Å². The fourth-order valence-corrected chi connectivity index (χ4v) is 2.64. The molecule has 1 amide bonds. The van der Waals surface area contributed by atoms with E-state index in [0.29, 0.717) is 5.75 Å². The number of amides is 1. The third-order valence-electron chi connectivity index (χ3n) is 3.83. The van der Waals surface area contributed by atoms with E-state index in [9.17, 15) is 9.90 Å². The number of phenolic OH excluding ortho intramolecular Hbond substituents is 1. The zero-order chi connectivity index (χ0) is 13.8. The summed E-state index contributed by atoms with van der Waals surface area (Å²) in [5.74, 6) is 0.657. The Hall–Kier alpha value is -1.55. The quantitative estimate of drug-likeness (QED) is 0.871. The second-order valence-electron chi connectivity index (χ2n) is 5.30. The Bertz CT molecular complexity index is 451. The summed E-state index contributed by atoms with van der Waals surface area (Å²) >= 11 is 0. The molecule has 4 heteroatoms. The maximum absolute atomic E-state index is 11.6. The number of rotatable bonds is 3.